The second kappa shape index (κ2) is 22.3. The van der Waals surface area contributed by atoms with Crippen LogP contribution in [0.15, 0.2) is 72.5 Å². The summed E-state index contributed by atoms with van der Waals surface area (Å²) in [6.07, 6.45) is -27.1. The van der Waals surface area contributed by atoms with Gasteiger partial charge in [0, 0.05) is 35.8 Å². The highest BCUT2D eigenvalue weighted by Crippen LogP contribution is 2.45. The zero-order valence-corrected chi connectivity index (χ0v) is 36.3. The minimum Gasteiger partial charge on any atom is -0.508 e. The first kappa shape index (κ1) is 51.7. The number of aliphatic hydroxyl groups is 9. The second-order valence-electron chi connectivity index (χ2n) is 16.4. The van der Waals surface area contributed by atoms with E-state index in [-0.39, 0.29) is 45.6 Å². The molecule has 3 saturated heterocycles. The Bertz CT molecular complexity index is 2370. The summed E-state index contributed by atoms with van der Waals surface area (Å²) in [5.41, 5.74) is 0.741. The quantitative estimate of drug-likeness (QED) is 0.0392. The van der Waals surface area contributed by atoms with E-state index in [2.05, 4.69) is 0 Å². The molecule has 0 aromatic heterocycles. The first-order valence-corrected chi connectivity index (χ1v) is 21.4. The van der Waals surface area contributed by atoms with E-state index in [9.17, 15) is 75.7 Å². The Labute approximate surface area is 395 Å². The number of aliphatic carboxylic acids is 1. The van der Waals surface area contributed by atoms with Crippen LogP contribution in [-0.2, 0) is 54.0 Å². The average Bonchev–Trinajstić information content (AvgIpc) is 3.32. The number of allylic oxidation sites excluding steroid dienone is 1. The predicted molar refractivity (Wildman–Crippen MR) is 226 cm³/mol. The summed E-state index contributed by atoms with van der Waals surface area (Å²) in [5, 5.41) is 136. The van der Waals surface area contributed by atoms with Crippen LogP contribution in [0.2, 0.25) is 0 Å². The van der Waals surface area contributed by atoms with E-state index in [1.165, 1.54) is 54.6 Å². The largest absolute Gasteiger partial charge is 0.508 e. The number of benzene rings is 3. The molecule has 7 rings (SSSR count). The molecule has 25 nitrogen and oxygen atoms in total. The van der Waals surface area contributed by atoms with Crippen molar-refractivity contribution >= 4 is 29.7 Å². The van der Waals surface area contributed by atoms with Crippen LogP contribution in [0.1, 0.15) is 23.1 Å². The van der Waals surface area contributed by atoms with Gasteiger partial charge in [-0.1, -0.05) is 12.1 Å². The van der Waals surface area contributed by atoms with Crippen molar-refractivity contribution in [3.63, 3.8) is 0 Å². The smallest absolute Gasteiger partial charge is 0.330 e. The van der Waals surface area contributed by atoms with E-state index in [0.29, 0.717) is 5.56 Å². The molecule has 0 aliphatic carbocycles. The number of aromatic hydroxyl groups is 3. The van der Waals surface area contributed by atoms with Crippen LogP contribution in [0.3, 0.4) is 0 Å². The first-order valence-electron chi connectivity index (χ1n) is 21.4. The molecule has 4 heterocycles. The summed E-state index contributed by atoms with van der Waals surface area (Å²) in [4.78, 5) is 35.7. The Kier molecular flexibility index (Phi) is 16.4. The maximum atomic E-state index is 12.8. The van der Waals surface area contributed by atoms with Gasteiger partial charge in [-0.25, -0.2) is 4.79 Å². The lowest BCUT2D eigenvalue weighted by atomic mass is 9.97. The molecule has 15 atom stereocenters. The van der Waals surface area contributed by atoms with E-state index >= 15 is 0 Å². The molecule has 13 N–H and O–H groups in total. The van der Waals surface area contributed by atoms with Crippen molar-refractivity contribution in [2.75, 3.05) is 19.8 Å². The SMILES string of the molecule is O=C(O)CC(=O)OC[C@H]1O[C@@H](Oc2cc(O)cc3c2CC(O[C@@H]2O[C@H](COC(=O)/C=C/c4ccc(O)cc4)[C@@H](O)[C@H](O)[C@H]2O[C@@H]2O[C@H](CO)[C@@H](O)[C@H](O)[C@H]2O)=C(c2ccc(O)cc2)O3)[C@H](O)[C@@H](O)[C@@H]1O. The lowest BCUT2D eigenvalue weighted by molar-refractivity contribution is -0.363. The van der Waals surface area contributed by atoms with E-state index in [1.54, 1.807) is 0 Å². The summed E-state index contributed by atoms with van der Waals surface area (Å²) in [6, 6.07) is 13.4. The van der Waals surface area contributed by atoms with Gasteiger partial charge in [0.1, 0.15) is 121 Å². The molecule has 0 amide bonds. The van der Waals surface area contributed by atoms with Crippen LogP contribution in [0.4, 0.5) is 0 Å². The molecule has 0 spiro atoms. The van der Waals surface area contributed by atoms with Crippen molar-refractivity contribution in [1.29, 1.82) is 0 Å². The van der Waals surface area contributed by atoms with Gasteiger partial charge in [-0.3, -0.25) is 9.59 Å². The third-order valence-electron chi connectivity index (χ3n) is 11.4. The van der Waals surface area contributed by atoms with Crippen molar-refractivity contribution in [2.24, 2.45) is 0 Å². The summed E-state index contributed by atoms with van der Waals surface area (Å²) in [6.45, 7) is -2.39. The van der Waals surface area contributed by atoms with Gasteiger partial charge in [0.25, 0.3) is 0 Å². The first-order chi connectivity index (χ1) is 33.3. The van der Waals surface area contributed by atoms with Gasteiger partial charge >= 0.3 is 17.9 Å². The van der Waals surface area contributed by atoms with Crippen LogP contribution < -0.4 is 9.47 Å². The number of phenolic OH excluding ortho intramolecular Hbond substituents is 3. The number of carbonyl (C=O) groups is 3. The van der Waals surface area contributed by atoms with Crippen LogP contribution in [0.5, 0.6) is 28.7 Å². The number of phenols is 3. The van der Waals surface area contributed by atoms with Crippen LogP contribution in [-0.4, -0.2) is 196 Å². The maximum absolute atomic E-state index is 12.8. The van der Waals surface area contributed by atoms with Crippen molar-refractivity contribution < 1.29 is 123 Å². The maximum Gasteiger partial charge on any atom is 0.330 e. The van der Waals surface area contributed by atoms with Crippen LogP contribution in [0, 0.1) is 0 Å². The van der Waals surface area contributed by atoms with E-state index in [0.717, 1.165) is 18.2 Å². The molecule has 0 radical (unpaired) electrons. The lowest BCUT2D eigenvalue weighted by Crippen LogP contribution is -2.64. The Morgan fingerprint density at radius 2 is 1.20 bits per heavy atom. The monoisotopic (exact) mass is 990 g/mol. The molecule has 4 aliphatic heterocycles. The summed E-state index contributed by atoms with van der Waals surface area (Å²) < 4.78 is 52.0. The predicted octanol–water partition coefficient (Wildman–Crippen LogP) is -2.78. The molecule has 0 bridgehead atoms. The van der Waals surface area contributed by atoms with Crippen molar-refractivity contribution in [2.45, 2.75) is 105 Å². The van der Waals surface area contributed by atoms with Crippen molar-refractivity contribution in [1.82, 2.24) is 0 Å². The summed E-state index contributed by atoms with van der Waals surface area (Å²) in [5.74, 6) is -5.10. The van der Waals surface area contributed by atoms with Crippen LogP contribution >= 0.6 is 0 Å². The number of rotatable bonds is 16. The molecule has 3 aromatic carbocycles. The minimum atomic E-state index is -2.06. The minimum absolute atomic E-state index is 0.0136. The van der Waals surface area contributed by atoms with Gasteiger partial charge in [0.2, 0.25) is 12.6 Å². The van der Waals surface area contributed by atoms with Gasteiger partial charge < -0.3 is 109 Å². The second-order valence-corrected chi connectivity index (χ2v) is 16.4. The molecular weight excluding hydrogens is 940 g/mol. The Morgan fingerprint density at radius 3 is 1.84 bits per heavy atom. The van der Waals surface area contributed by atoms with Gasteiger partial charge in [-0.05, 0) is 48.0 Å². The van der Waals surface area contributed by atoms with E-state index < -0.39 is 148 Å². The van der Waals surface area contributed by atoms with E-state index in [4.69, 9.17) is 47.7 Å². The molecule has 25 heteroatoms. The van der Waals surface area contributed by atoms with E-state index in [1.807, 2.05) is 0 Å². The molecule has 3 aromatic rings. The highest BCUT2D eigenvalue weighted by molar-refractivity contribution is 5.90. The molecule has 0 unspecified atom stereocenters. The number of aliphatic hydroxyl groups excluding tert-OH is 9. The number of carboxylic acid groups (broad SMARTS) is 1. The summed E-state index contributed by atoms with van der Waals surface area (Å²) in [7, 11) is 0. The zero-order chi connectivity index (χ0) is 50.6. The third-order valence-corrected chi connectivity index (χ3v) is 11.4. The number of hydrogen-bond acceptors (Lipinski definition) is 24. The number of fused-ring (bicyclic) bond motifs is 1. The fraction of sp³-hybridized carbons (Fsp3) is 0.444. The number of hydrogen-bond donors (Lipinski definition) is 13. The topological polar surface area (TPSA) is 397 Å². The molecule has 380 valence electrons. The molecule has 0 saturated carbocycles. The number of ether oxygens (including phenoxy) is 9. The normalized spacial score (nSPS) is 32.1. The fourth-order valence-electron chi connectivity index (χ4n) is 7.66. The molecular formula is C45H50O25. The Morgan fingerprint density at radius 1 is 0.629 bits per heavy atom. The third kappa shape index (κ3) is 11.9. The Hall–Kier alpha value is -6.17. The van der Waals surface area contributed by atoms with Crippen molar-refractivity contribution in [3.05, 3.63) is 89.2 Å². The number of esters is 2. The average molecular weight is 991 g/mol. The summed E-state index contributed by atoms with van der Waals surface area (Å²) >= 11 is 0. The fourth-order valence-corrected chi connectivity index (χ4v) is 7.66. The zero-order valence-electron chi connectivity index (χ0n) is 36.3. The van der Waals surface area contributed by atoms with Gasteiger partial charge in [-0.2, -0.15) is 0 Å². The molecule has 3 fully saturated rings. The standard InChI is InChI=1S/C45H50O25/c46-15-27-33(54)36(57)40(61)44(67-27)70-42-38(59)35(56)29(16-62-31(52)10-3-18-1-6-20(47)7-2-18)69-45(42)66-26-13-23-24(64-41(26)19-4-8-21(48)9-5-19)11-22(49)12-25(23)65-43-39(60)37(58)34(55)28(68-43)17-63-32(53)14-30(50)51/h1-12,27-29,33-40,42-49,54-61H,13-17H2,(H,50,51)/b10-3+/t27-,28-,29-,33-,34-,35-,36+,37+,38+,39-,40-,42-,43-,44+,45-/m1/s1. The van der Waals surface area contributed by atoms with Crippen LogP contribution in [0.25, 0.3) is 11.8 Å². The molecule has 70 heavy (non-hydrogen) atoms. The van der Waals surface area contributed by atoms with Gasteiger partial charge in [0.15, 0.2) is 18.2 Å². The van der Waals surface area contributed by atoms with Gasteiger partial charge in [0.05, 0.1) is 6.61 Å². The number of carboxylic acids is 1. The molecule has 4 aliphatic rings. The highest BCUT2D eigenvalue weighted by atomic mass is 16.8. The van der Waals surface area contributed by atoms with Crippen molar-refractivity contribution in [3.8, 4) is 28.7 Å². The highest BCUT2D eigenvalue weighted by Gasteiger charge is 2.52. The lowest BCUT2D eigenvalue weighted by Gasteiger charge is -2.46. The number of carbonyl (C=O) groups excluding carboxylic acids is 2. The van der Waals surface area contributed by atoms with Gasteiger partial charge in [-0.15, -0.1) is 0 Å². The Balaban J connectivity index is 1.20.